The Morgan fingerprint density at radius 2 is 2.42 bits per heavy atom. The highest BCUT2D eigenvalue weighted by atomic mass is 35.5. The maximum atomic E-state index is 6.02. The summed E-state index contributed by atoms with van der Waals surface area (Å²) >= 11 is 6.02. The molecule has 0 saturated heterocycles. The number of benzene rings is 1. The third-order valence-corrected chi connectivity index (χ3v) is 3.55. The van der Waals surface area contributed by atoms with E-state index in [1.807, 2.05) is 24.4 Å². The second-order valence-corrected chi connectivity index (χ2v) is 5.08. The minimum absolute atomic E-state index is 0.278. The Morgan fingerprint density at radius 1 is 1.47 bits per heavy atom. The van der Waals surface area contributed by atoms with Crippen LogP contribution in [0.3, 0.4) is 0 Å². The molecule has 4 nitrogen and oxygen atoms in total. The normalized spacial score (nSPS) is 18.5. The van der Waals surface area contributed by atoms with E-state index in [2.05, 4.69) is 15.3 Å². The number of aromatic nitrogens is 2. The summed E-state index contributed by atoms with van der Waals surface area (Å²) in [6, 6.07) is 6.13. The van der Waals surface area contributed by atoms with Crippen molar-refractivity contribution < 1.29 is 4.74 Å². The van der Waals surface area contributed by atoms with Gasteiger partial charge in [-0.15, -0.1) is 0 Å². The van der Waals surface area contributed by atoms with Crippen LogP contribution in [0.2, 0.25) is 5.02 Å². The zero-order valence-electron chi connectivity index (χ0n) is 10.5. The van der Waals surface area contributed by atoms with Crippen molar-refractivity contribution in [2.75, 3.05) is 6.61 Å². The number of fused-ring (bicyclic) bond motifs is 1. The molecule has 2 heterocycles. The molecule has 1 unspecified atom stereocenters. The van der Waals surface area contributed by atoms with Crippen LogP contribution in [0.25, 0.3) is 0 Å². The van der Waals surface area contributed by atoms with Crippen molar-refractivity contribution in [3.05, 3.63) is 47.0 Å². The van der Waals surface area contributed by atoms with E-state index in [4.69, 9.17) is 16.3 Å². The Hall–Kier alpha value is -1.52. The van der Waals surface area contributed by atoms with Gasteiger partial charge in [-0.25, -0.2) is 4.98 Å². The van der Waals surface area contributed by atoms with Crippen LogP contribution < -0.4 is 10.1 Å². The van der Waals surface area contributed by atoms with Crippen LogP contribution in [-0.2, 0) is 6.54 Å². The van der Waals surface area contributed by atoms with Crippen molar-refractivity contribution in [1.29, 1.82) is 0 Å². The van der Waals surface area contributed by atoms with E-state index in [0.29, 0.717) is 5.02 Å². The lowest BCUT2D eigenvalue weighted by molar-refractivity contribution is 0.315. The first-order valence-electron chi connectivity index (χ1n) is 6.47. The smallest absolute Gasteiger partial charge is 0.125 e. The Labute approximate surface area is 117 Å². The number of hydrogen-bond acceptors (Lipinski definition) is 3. The maximum Gasteiger partial charge on any atom is 0.125 e. The highest BCUT2D eigenvalue weighted by Crippen LogP contribution is 2.33. The van der Waals surface area contributed by atoms with Crippen molar-refractivity contribution >= 4 is 11.6 Å². The Balaban J connectivity index is 1.78. The molecule has 2 aromatic rings. The van der Waals surface area contributed by atoms with Crippen LogP contribution >= 0.6 is 11.6 Å². The minimum Gasteiger partial charge on any atom is -0.493 e. The number of nitrogens with zero attached hydrogens (tertiary/aromatic N) is 1. The second kappa shape index (κ2) is 5.63. The van der Waals surface area contributed by atoms with Crippen molar-refractivity contribution in [1.82, 2.24) is 15.3 Å². The number of hydrogen-bond donors (Lipinski definition) is 2. The topological polar surface area (TPSA) is 49.9 Å². The molecule has 3 rings (SSSR count). The van der Waals surface area contributed by atoms with Crippen molar-refractivity contribution in [2.24, 2.45) is 0 Å². The van der Waals surface area contributed by atoms with Crippen LogP contribution in [0.5, 0.6) is 5.75 Å². The average molecular weight is 278 g/mol. The van der Waals surface area contributed by atoms with Crippen molar-refractivity contribution in [3.63, 3.8) is 0 Å². The quantitative estimate of drug-likeness (QED) is 0.906. The lowest BCUT2D eigenvalue weighted by Crippen LogP contribution is -2.21. The molecular formula is C14H16ClN3O. The zero-order valence-corrected chi connectivity index (χ0v) is 11.3. The van der Waals surface area contributed by atoms with Crippen LogP contribution in [0.15, 0.2) is 30.6 Å². The summed E-state index contributed by atoms with van der Waals surface area (Å²) in [6.07, 6.45) is 5.68. The van der Waals surface area contributed by atoms with Gasteiger partial charge >= 0.3 is 0 Å². The number of rotatable bonds is 3. The van der Waals surface area contributed by atoms with Gasteiger partial charge in [0, 0.05) is 29.0 Å². The van der Waals surface area contributed by atoms with Gasteiger partial charge in [0.1, 0.15) is 11.6 Å². The third-order valence-electron chi connectivity index (χ3n) is 3.32. The molecule has 19 heavy (non-hydrogen) atoms. The summed E-state index contributed by atoms with van der Waals surface area (Å²) in [4.78, 5) is 7.32. The number of H-pyrrole nitrogens is 1. The molecule has 1 aliphatic rings. The van der Waals surface area contributed by atoms with Gasteiger partial charge in [-0.3, -0.25) is 0 Å². The summed E-state index contributed by atoms with van der Waals surface area (Å²) in [5, 5.41) is 4.24. The van der Waals surface area contributed by atoms with Crippen LogP contribution in [0.4, 0.5) is 0 Å². The van der Waals surface area contributed by atoms with Gasteiger partial charge in [0.25, 0.3) is 0 Å². The van der Waals surface area contributed by atoms with Crippen LogP contribution in [0, 0.1) is 0 Å². The number of nitrogens with one attached hydrogen (secondary N) is 2. The lowest BCUT2D eigenvalue weighted by atomic mass is 10.0. The molecule has 5 heteroatoms. The van der Waals surface area contributed by atoms with E-state index in [-0.39, 0.29) is 6.04 Å². The molecule has 1 aromatic carbocycles. The fraction of sp³-hybridized carbons (Fsp3) is 0.357. The molecule has 1 aliphatic heterocycles. The first kappa shape index (κ1) is 12.5. The number of imidazole rings is 1. The standard InChI is InChI=1S/C14H16ClN3O/c15-10-3-4-11-12(2-1-7-19-13(11)8-10)18-9-14-16-5-6-17-14/h3-6,8,12,18H,1-2,7,9H2,(H,16,17). The molecule has 0 amide bonds. The predicted molar refractivity (Wildman–Crippen MR) is 74.3 cm³/mol. The molecule has 0 spiro atoms. The molecule has 0 bridgehead atoms. The fourth-order valence-electron chi connectivity index (χ4n) is 2.37. The second-order valence-electron chi connectivity index (χ2n) is 4.64. The van der Waals surface area contributed by atoms with E-state index < -0.39 is 0 Å². The Kier molecular flexibility index (Phi) is 3.71. The summed E-state index contributed by atoms with van der Waals surface area (Å²) in [7, 11) is 0. The highest BCUT2D eigenvalue weighted by Gasteiger charge is 2.19. The van der Waals surface area contributed by atoms with Crippen molar-refractivity contribution in [3.8, 4) is 5.75 Å². The number of aromatic amines is 1. The van der Waals surface area contributed by atoms with Gasteiger partial charge in [0.15, 0.2) is 0 Å². The van der Waals surface area contributed by atoms with Gasteiger partial charge in [-0.05, 0) is 25.0 Å². The zero-order chi connectivity index (χ0) is 13.1. The van der Waals surface area contributed by atoms with E-state index in [9.17, 15) is 0 Å². The van der Waals surface area contributed by atoms with Gasteiger partial charge in [0.05, 0.1) is 13.2 Å². The van der Waals surface area contributed by atoms with Crippen molar-refractivity contribution in [2.45, 2.75) is 25.4 Å². The molecule has 1 aromatic heterocycles. The summed E-state index contributed by atoms with van der Waals surface area (Å²) in [5.74, 6) is 1.84. The number of halogens is 1. The first-order valence-corrected chi connectivity index (χ1v) is 6.84. The average Bonchev–Trinajstić information content (AvgIpc) is 2.84. The molecule has 0 fully saturated rings. The highest BCUT2D eigenvalue weighted by molar-refractivity contribution is 6.30. The van der Waals surface area contributed by atoms with E-state index >= 15 is 0 Å². The fourth-order valence-corrected chi connectivity index (χ4v) is 2.53. The summed E-state index contributed by atoms with van der Waals surface area (Å²) in [5.41, 5.74) is 1.17. The molecule has 0 aliphatic carbocycles. The monoisotopic (exact) mass is 277 g/mol. The molecule has 100 valence electrons. The SMILES string of the molecule is Clc1ccc2c(c1)OCCCC2NCc1ncc[nH]1. The molecular weight excluding hydrogens is 262 g/mol. The predicted octanol–water partition coefficient (Wildman–Crippen LogP) is 3.07. The van der Waals surface area contributed by atoms with Gasteiger partial charge in [-0.2, -0.15) is 0 Å². The van der Waals surface area contributed by atoms with Crippen LogP contribution in [0.1, 0.15) is 30.3 Å². The lowest BCUT2D eigenvalue weighted by Gasteiger charge is -2.18. The molecule has 0 radical (unpaired) electrons. The third kappa shape index (κ3) is 2.91. The van der Waals surface area contributed by atoms with E-state index in [1.165, 1.54) is 5.56 Å². The minimum atomic E-state index is 0.278. The van der Waals surface area contributed by atoms with E-state index in [0.717, 1.165) is 37.6 Å². The Bertz CT molecular complexity index is 542. The summed E-state index contributed by atoms with van der Waals surface area (Å²) < 4.78 is 5.75. The maximum absolute atomic E-state index is 6.02. The molecule has 1 atom stereocenters. The summed E-state index contributed by atoms with van der Waals surface area (Å²) in [6.45, 7) is 1.46. The molecule has 2 N–H and O–H groups in total. The van der Waals surface area contributed by atoms with Gasteiger partial charge in [0.2, 0.25) is 0 Å². The largest absolute Gasteiger partial charge is 0.493 e. The van der Waals surface area contributed by atoms with Gasteiger partial charge in [-0.1, -0.05) is 17.7 Å². The number of ether oxygens (including phenoxy) is 1. The van der Waals surface area contributed by atoms with E-state index in [1.54, 1.807) is 6.20 Å². The van der Waals surface area contributed by atoms with Gasteiger partial charge < -0.3 is 15.0 Å². The first-order chi connectivity index (χ1) is 9.33. The van der Waals surface area contributed by atoms with Crippen LogP contribution in [-0.4, -0.2) is 16.6 Å². The molecule has 0 saturated carbocycles. The Morgan fingerprint density at radius 3 is 3.26 bits per heavy atom.